The van der Waals surface area contributed by atoms with Gasteiger partial charge in [-0.2, -0.15) is 0 Å². The van der Waals surface area contributed by atoms with Crippen LogP contribution in [0.5, 0.6) is 0 Å². The molecule has 0 aromatic heterocycles. The third-order valence-electron chi connectivity index (χ3n) is 4.79. The fraction of sp³-hybridized carbons (Fsp3) is 1.00. The summed E-state index contributed by atoms with van der Waals surface area (Å²) < 4.78 is 5.97. The van der Waals surface area contributed by atoms with E-state index in [4.69, 9.17) is 4.74 Å². The van der Waals surface area contributed by atoms with Crippen molar-refractivity contribution in [3.05, 3.63) is 0 Å². The van der Waals surface area contributed by atoms with E-state index in [1.54, 1.807) is 0 Å². The number of rotatable bonds is 5. The quantitative estimate of drug-likeness (QED) is 0.815. The molecule has 0 radical (unpaired) electrons. The molecular weight excluding hydrogens is 224 g/mol. The summed E-state index contributed by atoms with van der Waals surface area (Å²) in [6.07, 6.45) is 7.06. The van der Waals surface area contributed by atoms with E-state index in [2.05, 4.69) is 31.0 Å². The maximum Gasteiger partial charge on any atom is 0.0731 e. The van der Waals surface area contributed by atoms with Gasteiger partial charge in [0.2, 0.25) is 0 Å². The zero-order valence-electron chi connectivity index (χ0n) is 12.3. The minimum Gasteiger partial charge on any atom is -0.375 e. The van der Waals surface area contributed by atoms with Crippen LogP contribution in [0.15, 0.2) is 0 Å². The van der Waals surface area contributed by atoms with Crippen LogP contribution in [0.3, 0.4) is 0 Å². The van der Waals surface area contributed by atoms with Gasteiger partial charge in [-0.1, -0.05) is 26.7 Å². The molecule has 1 heterocycles. The van der Waals surface area contributed by atoms with Gasteiger partial charge in [-0.05, 0) is 32.7 Å². The van der Waals surface area contributed by atoms with Crippen molar-refractivity contribution < 1.29 is 4.74 Å². The minimum absolute atomic E-state index is 0.508. The molecule has 0 amide bonds. The predicted molar refractivity (Wildman–Crippen MR) is 75.9 cm³/mol. The Morgan fingerprint density at radius 3 is 2.78 bits per heavy atom. The molecule has 0 aromatic rings. The predicted octanol–water partition coefficient (Wildman–Crippen LogP) is 2.41. The molecule has 1 saturated heterocycles. The number of nitrogens with zero attached hydrogens (tertiary/aromatic N) is 1. The van der Waals surface area contributed by atoms with Gasteiger partial charge in [0.1, 0.15) is 0 Å². The zero-order chi connectivity index (χ0) is 13.0. The van der Waals surface area contributed by atoms with Crippen LogP contribution in [0.1, 0.15) is 52.9 Å². The Kier molecular flexibility index (Phi) is 5.46. The molecule has 2 aliphatic rings. The lowest BCUT2D eigenvalue weighted by Crippen LogP contribution is -2.60. The highest BCUT2D eigenvalue weighted by Crippen LogP contribution is 2.30. The Morgan fingerprint density at radius 2 is 2.06 bits per heavy atom. The number of hydrogen-bond acceptors (Lipinski definition) is 3. The van der Waals surface area contributed by atoms with E-state index in [1.807, 2.05) is 0 Å². The number of ether oxygens (including phenoxy) is 1. The molecule has 3 nitrogen and oxygen atoms in total. The Morgan fingerprint density at radius 1 is 1.28 bits per heavy atom. The number of likely N-dealkylation sites (N-methyl/N-ethyl adjacent to an activating group) is 1. The summed E-state index contributed by atoms with van der Waals surface area (Å²) in [6, 6.07) is 1.93. The van der Waals surface area contributed by atoms with Gasteiger partial charge in [0.15, 0.2) is 0 Å². The van der Waals surface area contributed by atoms with E-state index < -0.39 is 0 Å². The van der Waals surface area contributed by atoms with Gasteiger partial charge in [0, 0.05) is 24.7 Å². The van der Waals surface area contributed by atoms with Crippen molar-refractivity contribution in [2.24, 2.45) is 0 Å². The van der Waals surface area contributed by atoms with E-state index in [9.17, 15) is 0 Å². The van der Waals surface area contributed by atoms with Crippen LogP contribution in [0.2, 0.25) is 0 Å². The van der Waals surface area contributed by atoms with Crippen LogP contribution in [-0.2, 0) is 4.74 Å². The zero-order valence-corrected chi connectivity index (χ0v) is 12.3. The first-order valence-corrected chi connectivity index (χ1v) is 7.88. The number of morpholine rings is 1. The summed E-state index contributed by atoms with van der Waals surface area (Å²) in [7, 11) is 0. The molecule has 1 saturated carbocycles. The molecule has 106 valence electrons. The fourth-order valence-corrected chi connectivity index (χ4v) is 3.78. The second kappa shape index (κ2) is 6.88. The van der Waals surface area contributed by atoms with Crippen LogP contribution >= 0.6 is 0 Å². The molecule has 2 fully saturated rings. The van der Waals surface area contributed by atoms with Crippen molar-refractivity contribution in [2.45, 2.75) is 77.1 Å². The maximum absolute atomic E-state index is 5.97. The third-order valence-corrected chi connectivity index (χ3v) is 4.79. The lowest BCUT2D eigenvalue weighted by molar-refractivity contribution is -0.104. The topological polar surface area (TPSA) is 24.5 Å². The summed E-state index contributed by atoms with van der Waals surface area (Å²) in [4.78, 5) is 2.73. The van der Waals surface area contributed by atoms with Crippen molar-refractivity contribution in [1.29, 1.82) is 0 Å². The van der Waals surface area contributed by atoms with Crippen LogP contribution in [0.4, 0.5) is 0 Å². The first-order chi connectivity index (χ1) is 8.77. The van der Waals surface area contributed by atoms with Crippen LogP contribution in [0, 0.1) is 0 Å². The highest BCUT2D eigenvalue weighted by molar-refractivity contribution is 4.92. The van der Waals surface area contributed by atoms with Crippen LogP contribution < -0.4 is 5.32 Å². The van der Waals surface area contributed by atoms with Gasteiger partial charge >= 0.3 is 0 Å². The second-order valence-corrected chi connectivity index (χ2v) is 5.81. The summed E-state index contributed by atoms with van der Waals surface area (Å²) in [6.45, 7) is 10.0. The average molecular weight is 254 g/mol. The molecule has 3 heteroatoms. The van der Waals surface area contributed by atoms with Gasteiger partial charge in [-0.25, -0.2) is 0 Å². The van der Waals surface area contributed by atoms with Gasteiger partial charge in [-0.3, -0.25) is 4.90 Å². The highest BCUT2D eigenvalue weighted by atomic mass is 16.5. The lowest BCUT2D eigenvalue weighted by atomic mass is 9.88. The minimum atomic E-state index is 0.508. The van der Waals surface area contributed by atoms with Crippen LogP contribution in [-0.4, -0.2) is 48.8 Å². The Hall–Kier alpha value is -0.120. The van der Waals surface area contributed by atoms with Gasteiger partial charge in [0.25, 0.3) is 0 Å². The van der Waals surface area contributed by atoms with E-state index >= 15 is 0 Å². The average Bonchev–Trinajstić information content (AvgIpc) is 2.43. The molecule has 4 unspecified atom stereocenters. The smallest absolute Gasteiger partial charge is 0.0731 e. The molecule has 1 aliphatic heterocycles. The van der Waals surface area contributed by atoms with Gasteiger partial charge < -0.3 is 10.1 Å². The maximum atomic E-state index is 5.97. The van der Waals surface area contributed by atoms with E-state index in [0.29, 0.717) is 24.2 Å². The molecular formula is C15H30N2O. The molecule has 4 atom stereocenters. The fourth-order valence-electron chi connectivity index (χ4n) is 3.78. The molecule has 0 bridgehead atoms. The first-order valence-electron chi connectivity index (χ1n) is 7.88. The van der Waals surface area contributed by atoms with Gasteiger partial charge in [0.05, 0.1) is 12.7 Å². The number of hydrogen-bond donors (Lipinski definition) is 1. The standard InChI is InChI=1S/C15H30N2O/c1-4-13(16-5-2)12(3)17-10-11-18-15-9-7-6-8-14(15)17/h12-16H,4-11H2,1-3H3. The molecule has 0 aromatic carbocycles. The van der Waals surface area contributed by atoms with Crippen molar-refractivity contribution in [3.63, 3.8) is 0 Å². The highest BCUT2D eigenvalue weighted by Gasteiger charge is 2.37. The Balaban J connectivity index is 2.00. The van der Waals surface area contributed by atoms with Gasteiger partial charge in [-0.15, -0.1) is 0 Å². The summed E-state index contributed by atoms with van der Waals surface area (Å²) >= 11 is 0. The summed E-state index contributed by atoms with van der Waals surface area (Å²) in [5.41, 5.74) is 0. The Labute approximate surface area is 112 Å². The largest absolute Gasteiger partial charge is 0.375 e. The third kappa shape index (κ3) is 3.06. The molecule has 2 rings (SSSR count). The monoisotopic (exact) mass is 254 g/mol. The first kappa shape index (κ1) is 14.3. The molecule has 1 N–H and O–H groups in total. The molecule has 18 heavy (non-hydrogen) atoms. The normalized spacial score (nSPS) is 32.8. The van der Waals surface area contributed by atoms with Crippen LogP contribution in [0.25, 0.3) is 0 Å². The van der Waals surface area contributed by atoms with E-state index in [-0.39, 0.29) is 0 Å². The molecule has 0 spiro atoms. The van der Waals surface area contributed by atoms with Crippen molar-refractivity contribution in [1.82, 2.24) is 10.2 Å². The van der Waals surface area contributed by atoms with Crippen molar-refractivity contribution in [3.8, 4) is 0 Å². The number of fused-ring (bicyclic) bond motifs is 1. The van der Waals surface area contributed by atoms with E-state index in [0.717, 1.165) is 19.7 Å². The second-order valence-electron chi connectivity index (χ2n) is 5.81. The Bertz CT molecular complexity index is 245. The van der Waals surface area contributed by atoms with Crippen molar-refractivity contribution >= 4 is 0 Å². The SMILES string of the molecule is CCNC(CC)C(C)N1CCOC2CCCCC21. The summed E-state index contributed by atoms with van der Waals surface area (Å²) in [5.74, 6) is 0. The lowest BCUT2D eigenvalue weighted by Gasteiger charge is -2.48. The van der Waals surface area contributed by atoms with Crippen molar-refractivity contribution in [2.75, 3.05) is 19.7 Å². The number of nitrogens with one attached hydrogen (secondary N) is 1. The summed E-state index contributed by atoms with van der Waals surface area (Å²) in [5, 5.41) is 3.64. The molecule has 1 aliphatic carbocycles. The van der Waals surface area contributed by atoms with E-state index in [1.165, 1.54) is 32.1 Å².